The molecule has 1 unspecified atom stereocenters. The van der Waals surface area contributed by atoms with Crippen molar-refractivity contribution in [2.45, 2.75) is 25.6 Å². The van der Waals surface area contributed by atoms with Crippen LogP contribution in [0.5, 0.6) is 0 Å². The molecule has 0 aliphatic rings. The maximum atomic E-state index is 12.7. The van der Waals surface area contributed by atoms with Crippen LogP contribution in [0.15, 0.2) is 42.5 Å². The van der Waals surface area contributed by atoms with Gasteiger partial charge in [-0.3, -0.25) is 0 Å². The van der Waals surface area contributed by atoms with E-state index < -0.39 is 11.7 Å². The van der Waals surface area contributed by atoms with Gasteiger partial charge >= 0.3 is 6.18 Å². The van der Waals surface area contributed by atoms with E-state index >= 15 is 0 Å². The number of hydrogen-bond acceptors (Lipinski definition) is 1. The Bertz CT molecular complexity index is 638. The third-order valence-corrected chi connectivity index (χ3v) is 3.58. The number of alkyl halides is 3. The zero-order chi connectivity index (χ0) is 15.6. The fourth-order valence-electron chi connectivity index (χ4n) is 2.29. The minimum Gasteiger partial charge on any atom is -0.324 e. The SMILES string of the molecule is Cc1cc(Cl)ccc1C(N)Cc1cccc(C(F)(F)F)c1. The standard InChI is InChI=1S/C16H15ClF3N/c1-10-7-13(17)5-6-14(10)15(21)9-11-3-2-4-12(8-11)16(18,19)20/h2-8,15H,9,21H2,1H3. The van der Waals surface area contributed by atoms with Gasteiger partial charge in [-0.2, -0.15) is 13.2 Å². The van der Waals surface area contributed by atoms with Gasteiger partial charge in [0.05, 0.1) is 5.56 Å². The maximum Gasteiger partial charge on any atom is 0.416 e. The van der Waals surface area contributed by atoms with Gasteiger partial charge in [0.1, 0.15) is 0 Å². The molecule has 0 aliphatic carbocycles. The third-order valence-electron chi connectivity index (χ3n) is 3.34. The Hall–Kier alpha value is -1.52. The minimum absolute atomic E-state index is 0.340. The summed E-state index contributed by atoms with van der Waals surface area (Å²) >= 11 is 5.89. The van der Waals surface area contributed by atoms with Crippen molar-refractivity contribution < 1.29 is 13.2 Å². The quantitative estimate of drug-likeness (QED) is 0.856. The molecule has 2 aromatic rings. The molecule has 2 N–H and O–H groups in total. The van der Waals surface area contributed by atoms with Gasteiger partial charge in [-0.1, -0.05) is 35.9 Å². The highest BCUT2D eigenvalue weighted by atomic mass is 35.5. The van der Waals surface area contributed by atoms with E-state index in [0.717, 1.165) is 23.3 Å². The van der Waals surface area contributed by atoms with Crippen LogP contribution in [-0.2, 0) is 12.6 Å². The Morgan fingerprint density at radius 3 is 2.48 bits per heavy atom. The molecule has 0 saturated heterocycles. The van der Waals surface area contributed by atoms with Gasteiger partial charge in [0.15, 0.2) is 0 Å². The highest BCUT2D eigenvalue weighted by Gasteiger charge is 2.30. The molecule has 0 fully saturated rings. The lowest BCUT2D eigenvalue weighted by atomic mass is 9.95. The van der Waals surface area contributed by atoms with E-state index in [1.165, 1.54) is 6.07 Å². The van der Waals surface area contributed by atoms with Crippen LogP contribution >= 0.6 is 11.6 Å². The van der Waals surface area contributed by atoms with Gasteiger partial charge in [-0.05, 0) is 48.2 Å². The molecule has 2 aromatic carbocycles. The Morgan fingerprint density at radius 1 is 1.14 bits per heavy atom. The Kier molecular flexibility index (Phi) is 4.59. The van der Waals surface area contributed by atoms with E-state index in [1.54, 1.807) is 18.2 Å². The molecule has 0 radical (unpaired) electrons. The fourth-order valence-corrected chi connectivity index (χ4v) is 2.52. The van der Waals surface area contributed by atoms with Crippen molar-refractivity contribution in [3.05, 3.63) is 69.7 Å². The highest BCUT2D eigenvalue weighted by Crippen LogP contribution is 2.30. The van der Waals surface area contributed by atoms with E-state index in [-0.39, 0.29) is 6.04 Å². The van der Waals surface area contributed by atoms with E-state index in [2.05, 4.69) is 0 Å². The summed E-state index contributed by atoms with van der Waals surface area (Å²) in [5.74, 6) is 0. The van der Waals surface area contributed by atoms with Gasteiger partial charge in [0.2, 0.25) is 0 Å². The van der Waals surface area contributed by atoms with Crippen molar-refractivity contribution in [1.29, 1.82) is 0 Å². The summed E-state index contributed by atoms with van der Waals surface area (Å²) in [4.78, 5) is 0. The number of nitrogens with two attached hydrogens (primary N) is 1. The molecule has 0 saturated carbocycles. The maximum absolute atomic E-state index is 12.7. The van der Waals surface area contributed by atoms with Gasteiger partial charge in [-0.25, -0.2) is 0 Å². The Labute approximate surface area is 126 Å². The average molecular weight is 314 g/mol. The monoisotopic (exact) mass is 313 g/mol. The number of rotatable bonds is 3. The summed E-state index contributed by atoms with van der Waals surface area (Å²) < 4.78 is 38.1. The van der Waals surface area contributed by atoms with Crippen molar-refractivity contribution in [2.24, 2.45) is 5.73 Å². The van der Waals surface area contributed by atoms with E-state index in [9.17, 15) is 13.2 Å². The smallest absolute Gasteiger partial charge is 0.324 e. The highest BCUT2D eigenvalue weighted by molar-refractivity contribution is 6.30. The summed E-state index contributed by atoms with van der Waals surface area (Å²) in [6.07, 6.45) is -4.00. The van der Waals surface area contributed by atoms with Gasteiger partial charge in [-0.15, -0.1) is 0 Å². The van der Waals surface area contributed by atoms with Crippen molar-refractivity contribution >= 4 is 11.6 Å². The molecule has 0 amide bonds. The van der Waals surface area contributed by atoms with Crippen LogP contribution in [0.25, 0.3) is 0 Å². The predicted molar refractivity (Wildman–Crippen MR) is 78.3 cm³/mol. The molecule has 112 valence electrons. The Morgan fingerprint density at radius 2 is 1.86 bits per heavy atom. The van der Waals surface area contributed by atoms with Crippen molar-refractivity contribution in [3.8, 4) is 0 Å². The largest absolute Gasteiger partial charge is 0.416 e. The molecule has 0 aromatic heterocycles. The van der Waals surface area contributed by atoms with Crippen LogP contribution in [0.4, 0.5) is 13.2 Å². The first kappa shape index (κ1) is 15.9. The number of aryl methyl sites for hydroxylation is 1. The van der Waals surface area contributed by atoms with Gasteiger partial charge in [0.25, 0.3) is 0 Å². The average Bonchev–Trinajstić information content (AvgIpc) is 2.37. The van der Waals surface area contributed by atoms with Crippen LogP contribution in [0, 0.1) is 6.92 Å². The molecule has 1 atom stereocenters. The number of benzene rings is 2. The summed E-state index contributed by atoms with van der Waals surface area (Å²) in [5, 5.41) is 0.613. The molecule has 0 bridgehead atoms. The van der Waals surface area contributed by atoms with Crippen molar-refractivity contribution in [3.63, 3.8) is 0 Å². The number of halogens is 4. The molecule has 21 heavy (non-hydrogen) atoms. The van der Waals surface area contributed by atoms with E-state index in [1.807, 2.05) is 13.0 Å². The second-order valence-corrected chi connectivity index (χ2v) is 5.45. The zero-order valence-electron chi connectivity index (χ0n) is 11.4. The first-order valence-corrected chi connectivity index (χ1v) is 6.83. The predicted octanol–water partition coefficient (Wildman–Crippen LogP) is 4.91. The van der Waals surface area contributed by atoms with Crippen molar-refractivity contribution in [2.75, 3.05) is 0 Å². The first-order chi connectivity index (χ1) is 9.77. The first-order valence-electron chi connectivity index (χ1n) is 6.45. The van der Waals surface area contributed by atoms with Crippen LogP contribution in [0.3, 0.4) is 0 Å². The minimum atomic E-state index is -4.34. The zero-order valence-corrected chi connectivity index (χ0v) is 12.2. The second-order valence-electron chi connectivity index (χ2n) is 5.01. The topological polar surface area (TPSA) is 26.0 Å². The lowest BCUT2D eigenvalue weighted by molar-refractivity contribution is -0.137. The molecule has 1 nitrogen and oxygen atoms in total. The molecular weight excluding hydrogens is 299 g/mol. The van der Waals surface area contributed by atoms with Gasteiger partial charge < -0.3 is 5.73 Å². The molecular formula is C16H15ClF3N. The van der Waals surface area contributed by atoms with Crippen LogP contribution in [0.1, 0.15) is 28.3 Å². The summed E-state index contributed by atoms with van der Waals surface area (Å²) in [6, 6.07) is 10.2. The number of hydrogen-bond donors (Lipinski definition) is 1. The van der Waals surface area contributed by atoms with E-state index in [4.69, 9.17) is 17.3 Å². The normalized spacial score (nSPS) is 13.2. The van der Waals surface area contributed by atoms with Crippen LogP contribution in [-0.4, -0.2) is 0 Å². The molecule has 0 spiro atoms. The van der Waals surface area contributed by atoms with E-state index in [0.29, 0.717) is 17.0 Å². The molecule has 5 heteroatoms. The van der Waals surface area contributed by atoms with Gasteiger partial charge in [0, 0.05) is 11.1 Å². The van der Waals surface area contributed by atoms with Crippen molar-refractivity contribution in [1.82, 2.24) is 0 Å². The van der Waals surface area contributed by atoms with Crippen LogP contribution < -0.4 is 5.73 Å². The fraction of sp³-hybridized carbons (Fsp3) is 0.250. The molecule has 0 heterocycles. The lowest BCUT2D eigenvalue weighted by Gasteiger charge is -2.16. The lowest BCUT2D eigenvalue weighted by Crippen LogP contribution is -2.15. The van der Waals surface area contributed by atoms with Crippen LogP contribution in [0.2, 0.25) is 5.02 Å². The summed E-state index contributed by atoms with van der Waals surface area (Å²) in [7, 11) is 0. The molecule has 0 aliphatic heterocycles. The summed E-state index contributed by atoms with van der Waals surface area (Å²) in [6.45, 7) is 1.88. The molecule has 2 rings (SSSR count). The third kappa shape index (κ3) is 3.99. The summed E-state index contributed by atoms with van der Waals surface area (Å²) in [5.41, 5.74) is 7.84. The Balaban J connectivity index is 2.21. The second kappa shape index (κ2) is 6.08.